The minimum atomic E-state index is -0.740. The zero-order chi connectivity index (χ0) is 24.6. The average Bonchev–Trinajstić information content (AvgIpc) is 3.37. The van der Waals surface area contributed by atoms with Crippen LogP contribution in [0.15, 0.2) is 78.9 Å². The van der Waals surface area contributed by atoms with E-state index in [4.69, 9.17) is 0 Å². The van der Waals surface area contributed by atoms with Gasteiger partial charge in [-0.2, -0.15) is 0 Å². The Bertz CT molecular complexity index is 1110. The van der Waals surface area contributed by atoms with Gasteiger partial charge in [0.05, 0.1) is 6.42 Å². The molecule has 3 aromatic rings. The second-order valence-electron chi connectivity index (χ2n) is 9.15. The summed E-state index contributed by atoms with van der Waals surface area (Å²) >= 11 is 0. The number of hydrogen-bond donors (Lipinski definition) is 1. The number of benzene rings is 3. The summed E-state index contributed by atoms with van der Waals surface area (Å²) < 4.78 is 26.9. The van der Waals surface area contributed by atoms with Crippen molar-refractivity contribution < 1.29 is 18.4 Å². The lowest BCUT2D eigenvalue weighted by atomic mass is 10.0. The molecule has 182 valence electrons. The number of carbonyl (C=O) groups is 2. The maximum absolute atomic E-state index is 13.6. The summed E-state index contributed by atoms with van der Waals surface area (Å²) in [6.07, 6.45) is 4.42. The molecule has 35 heavy (non-hydrogen) atoms. The predicted octanol–water partition coefficient (Wildman–Crippen LogP) is 5.21. The second kappa shape index (κ2) is 11.7. The topological polar surface area (TPSA) is 49.4 Å². The summed E-state index contributed by atoms with van der Waals surface area (Å²) in [4.78, 5) is 28.8. The second-order valence-corrected chi connectivity index (χ2v) is 9.15. The molecule has 3 aromatic carbocycles. The van der Waals surface area contributed by atoms with Crippen molar-refractivity contribution in [1.82, 2.24) is 10.2 Å². The Balaban J connectivity index is 1.64. The maximum atomic E-state index is 13.6. The molecule has 0 aromatic heterocycles. The van der Waals surface area contributed by atoms with Crippen molar-refractivity contribution in [2.45, 2.75) is 57.2 Å². The van der Waals surface area contributed by atoms with Crippen LogP contribution in [-0.2, 0) is 29.0 Å². The number of rotatable bonds is 9. The van der Waals surface area contributed by atoms with Gasteiger partial charge in [-0.05, 0) is 53.8 Å². The third kappa shape index (κ3) is 6.98. The molecule has 0 bridgehead atoms. The van der Waals surface area contributed by atoms with Crippen LogP contribution in [0.1, 0.15) is 42.4 Å². The van der Waals surface area contributed by atoms with Crippen molar-refractivity contribution in [2.75, 3.05) is 0 Å². The average molecular weight is 477 g/mol. The van der Waals surface area contributed by atoms with E-state index in [9.17, 15) is 18.4 Å². The lowest BCUT2D eigenvalue weighted by Crippen LogP contribution is -2.52. The molecule has 1 aliphatic rings. The number of nitrogens with one attached hydrogen (secondary N) is 1. The normalized spacial score (nSPS) is 14.5. The summed E-state index contributed by atoms with van der Waals surface area (Å²) in [6, 6.07) is 20.7. The van der Waals surface area contributed by atoms with E-state index in [0.717, 1.165) is 36.8 Å². The molecule has 1 saturated carbocycles. The highest BCUT2D eigenvalue weighted by atomic mass is 19.1. The Morgan fingerprint density at radius 2 is 1.37 bits per heavy atom. The quantitative estimate of drug-likeness (QED) is 0.461. The molecule has 1 N–H and O–H groups in total. The van der Waals surface area contributed by atoms with Crippen LogP contribution in [0.25, 0.3) is 0 Å². The van der Waals surface area contributed by atoms with Crippen LogP contribution in [0.3, 0.4) is 0 Å². The van der Waals surface area contributed by atoms with Crippen LogP contribution in [-0.4, -0.2) is 28.8 Å². The van der Waals surface area contributed by atoms with E-state index < -0.39 is 6.04 Å². The molecule has 0 aliphatic heterocycles. The van der Waals surface area contributed by atoms with E-state index in [1.807, 2.05) is 30.3 Å². The Morgan fingerprint density at radius 3 is 1.97 bits per heavy atom. The molecule has 1 aliphatic carbocycles. The van der Waals surface area contributed by atoms with Gasteiger partial charge in [-0.1, -0.05) is 67.4 Å². The highest BCUT2D eigenvalue weighted by molar-refractivity contribution is 5.89. The SMILES string of the molecule is O=C(NC1CCCC1)[C@@H](Cc1ccccc1)N(Cc1ccc(F)cc1)C(=O)Cc1ccc(F)cc1. The fourth-order valence-electron chi connectivity index (χ4n) is 4.59. The van der Waals surface area contributed by atoms with Crippen LogP contribution >= 0.6 is 0 Å². The van der Waals surface area contributed by atoms with Gasteiger partial charge >= 0.3 is 0 Å². The summed E-state index contributed by atoms with van der Waals surface area (Å²) in [7, 11) is 0. The molecule has 0 spiro atoms. The molecule has 1 atom stereocenters. The number of carbonyl (C=O) groups excluding carboxylic acids is 2. The van der Waals surface area contributed by atoms with Crippen molar-refractivity contribution in [1.29, 1.82) is 0 Å². The molecule has 0 unspecified atom stereocenters. The Kier molecular flexibility index (Phi) is 8.24. The van der Waals surface area contributed by atoms with Crippen LogP contribution in [0.4, 0.5) is 8.78 Å². The minimum absolute atomic E-state index is 0.0312. The van der Waals surface area contributed by atoms with E-state index in [1.54, 1.807) is 29.2 Å². The van der Waals surface area contributed by atoms with E-state index >= 15 is 0 Å². The van der Waals surface area contributed by atoms with Gasteiger partial charge in [-0.25, -0.2) is 8.78 Å². The molecule has 1 fully saturated rings. The zero-order valence-electron chi connectivity index (χ0n) is 19.6. The van der Waals surface area contributed by atoms with Gasteiger partial charge < -0.3 is 10.2 Å². The first-order chi connectivity index (χ1) is 17.0. The molecule has 2 amide bonds. The van der Waals surface area contributed by atoms with Gasteiger partial charge in [0, 0.05) is 19.0 Å². The zero-order valence-corrected chi connectivity index (χ0v) is 19.6. The highest BCUT2D eigenvalue weighted by Gasteiger charge is 2.32. The molecule has 6 heteroatoms. The van der Waals surface area contributed by atoms with Gasteiger partial charge in [0.2, 0.25) is 11.8 Å². The molecule has 4 nitrogen and oxygen atoms in total. The smallest absolute Gasteiger partial charge is 0.243 e. The summed E-state index contributed by atoms with van der Waals surface area (Å²) in [5.41, 5.74) is 2.33. The van der Waals surface area contributed by atoms with Crippen LogP contribution in [0, 0.1) is 11.6 Å². The number of nitrogens with zero attached hydrogens (tertiary/aromatic N) is 1. The Labute approximate surface area is 205 Å². The predicted molar refractivity (Wildman–Crippen MR) is 131 cm³/mol. The molecular weight excluding hydrogens is 446 g/mol. The Hall–Kier alpha value is -3.54. The molecule has 0 radical (unpaired) electrons. The molecule has 0 saturated heterocycles. The van der Waals surface area contributed by atoms with E-state index in [1.165, 1.54) is 24.3 Å². The standard InChI is InChI=1S/C29H30F2N2O2/c30-24-14-10-22(11-15-24)19-28(34)33(20-23-12-16-25(31)17-13-23)27(18-21-6-2-1-3-7-21)29(35)32-26-8-4-5-9-26/h1-3,6-7,10-17,26-27H,4-5,8-9,18-20H2,(H,32,35)/t27-/m1/s1. The van der Waals surface area contributed by atoms with Crippen molar-refractivity contribution in [3.63, 3.8) is 0 Å². The summed E-state index contributed by atoms with van der Waals surface area (Å²) in [5, 5.41) is 3.16. The van der Waals surface area contributed by atoms with E-state index in [2.05, 4.69) is 5.32 Å². The Morgan fingerprint density at radius 1 is 0.800 bits per heavy atom. The van der Waals surface area contributed by atoms with Crippen molar-refractivity contribution in [3.05, 3.63) is 107 Å². The van der Waals surface area contributed by atoms with Gasteiger partial charge in [0.1, 0.15) is 17.7 Å². The van der Waals surface area contributed by atoms with Crippen LogP contribution in [0.2, 0.25) is 0 Å². The highest BCUT2D eigenvalue weighted by Crippen LogP contribution is 2.21. The first-order valence-electron chi connectivity index (χ1n) is 12.1. The molecule has 0 heterocycles. The van der Waals surface area contributed by atoms with Crippen molar-refractivity contribution in [3.8, 4) is 0 Å². The van der Waals surface area contributed by atoms with Gasteiger partial charge in [0.25, 0.3) is 0 Å². The van der Waals surface area contributed by atoms with Crippen molar-refractivity contribution >= 4 is 11.8 Å². The third-order valence-electron chi connectivity index (χ3n) is 6.51. The number of hydrogen-bond acceptors (Lipinski definition) is 2. The van der Waals surface area contributed by atoms with Gasteiger partial charge in [0.15, 0.2) is 0 Å². The molecule has 4 rings (SSSR count). The monoisotopic (exact) mass is 476 g/mol. The van der Waals surface area contributed by atoms with Crippen LogP contribution in [0.5, 0.6) is 0 Å². The lowest BCUT2D eigenvalue weighted by Gasteiger charge is -2.32. The summed E-state index contributed by atoms with van der Waals surface area (Å²) in [6.45, 7) is 0.163. The first kappa shape index (κ1) is 24.6. The number of amides is 2. The van der Waals surface area contributed by atoms with Gasteiger partial charge in [-0.15, -0.1) is 0 Å². The fourth-order valence-corrected chi connectivity index (χ4v) is 4.59. The van der Waals surface area contributed by atoms with Crippen LogP contribution < -0.4 is 5.32 Å². The maximum Gasteiger partial charge on any atom is 0.243 e. The summed E-state index contributed by atoms with van der Waals surface area (Å²) in [5.74, 6) is -1.17. The van der Waals surface area contributed by atoms with E-state index in [0.29, 0.717) is 12.0 Å². The largest absolute Gasteiger partial charge is 0.352 e. The molecular formula is C29H30F2N2O2. The lowest BCUT2D eigenvalue weighted by molar-refractivity contribution is -0.141. The fraction of sp³-hybridized carbons (Fsp3) is 0.310. The van der Waals surface area contributed by atoms with E-state index in [-0.39, 0.29) is 42.5 Å². The van der Waals surface area contributed by atoms with Gasteiger partial charge in [-0.3, -0.25) is 9.59 Å². The van der Waals surface area contributed by atoms with Crippen molar-refractivity contribution in [2.24, 2.45) is 0 Å². The number of halogens is 2. The first-order valence-corrected chi connectivity index (χ1v) is 12.1. The third-order valence-corrected chi connectivity index (χ3v) is 6.51. The minimum Gasteiger partial charge on any atom is -0.352 e.